The lowest BCUT2D eigenvalue weighted by atomic mass is 9.80. The molecule has 78 valence electrons. The molecule has 0 spiro atoms. The van der Waals surface area contributed by atoms with E-state index < -0.39 is 0 Å². The van der Waals surface area contributed by atoms with Gasteiger partial charge in [0.2, 0.25) is 0 Å². The summed E-state index contributed by atoms with van der Waals surface area (Å²) in [7, 11) is 0. The first-order valence-electron chi connectivity index (χ1n) is 4.56. The van der Waals surface area contributed by atoms with Crippen molar-refractivity contribution in [3.8, 4) is 0 Å². The largest absolute Gasteiger partial charge is 0.481 e. The Bertz CT molecular complexity index is 187. The molecular formula is C10H21NOS. The Labute approximate surface area is 85.9 Å². The SMILES string of the molecule is CCOC(=N)C(C)(C)C(C)(C)SC. The molecule has 0 saturated heterocycles. The lowest BCUT2D eigenvalue weighted by molar-refractivity contribution is 0.246. The summed E-state index contributed by atoms with van der Waals surface area (Å²) in [6.45, 7) is 10.9. The molecule has 0 aromatic rings. The second kappa shape index (κ2) is 4.36. The monoisotopic (exact) mass is 203 g/mol. The van der Waals surface area contributed by atoms with Gasteiger partial charge in [-0.2, -0.15) is 11.8 Å². The van der Waals surface area contributed by atoms with Crippen molar-refractivity contribution in [3.05, 3.63) is 0 Å². The van der Waals surface area contributed by atoms with E-state index >= 15 is 0 Å². The van der Waals surface area contributed by atoms with Gasteiger partial charge in [0, 0.05) is 4.75 Å². The highest BCUT2D eigenvalue weighted by Crippen LogP contribution is 2.41. The van der Waals surface area contributed by atoms with Crippen molar-refractivity contribution >= 4 is 17.7 Å². The molecule has 0 amide bonds. The molecule has 1 N–H and O–H groups in total. The van der Waals surface area contributed by atoms with Crippen LogP contribution in [0, 0.1) is 10.8 Å². The molecule has 0 aliphatic heterocycles. The van der Waals surface area contributed by atoms with Crippen molar-refractivity contribution in [2.24, 2.45) is 5.41 Å². The van der Waals surface area contributed by atoms with E-state index in [1.165, 1.54) is 0 Å². The summed E-state index contributed by atoms with van der Waals surface area (Å²) in [5.74, 6) is 0.384. The van der Waals surface area contributed by atoms with Crippen molar-refractivity contribution in [2.75, 3.05) is 12.9 Å². The zero-order valence-corrected chi connectivity index (χ0v) is 10.3. The highest BCUT2D eigenvalue weighted by atomic mass is 32.2. The molecule has 3 heteroatoms. The highest BCUT2D eigenvalue weighted by Gasteiger charge is 2.41. The molecule has 0 fully saturated rings. The van der Waals surface area contributed by atoms with Crippen LogP contribution in [0.1, 0.15) is 34.6 Å². The zero-order chi connectivity index (χ0) is 10.7. The predicted octanol–water partition coefficient (Wildman–Crippen LogP) is 3.17. The summed E-state index contributed by atoms with van der Waals surface area (Å²) in [5.41, 5.74) is -0.220. The first-order chi connectivity index (χ1) is 5.79. The van der Waals surface area contributed by atoms with Crippen molar-refractivity contribution < 1.29 is 4.74 Å². The van der Waals surface area contributed by atoms with Gasteiger partial charge >= 0.3 is 0 Å². The Kier molecular flexibility index (Phi) is 4.30. The summed E-state index contributed by atoms with van der Waals surface area (Å²) in [6.07, 6.45) is 2.07. The minimum atomic E-state index is -0.220. The molecule has 0 bridgehead atoms. The maximum Gasteiger partial charge on any atom is 0.187 e. The fraction of sp³-hybridized carbons (Fsp3) is 0.900. The maximum absolute atomic E-state index is 7.81. The van der Waals surface area contributed by atoms with E-state index in [4.69, 9.17) is 10.1 Å². The molecular weight excluding hydrogens is 182 g/mol. The van der Waals surface area contributed by atoms with Crippen molar-refractivity contribution in [2.45, 2.75) is 39.4 Å². The quantitative estimate of drug-likeness (QED) is 0.562. The summed E-state index contributed by atoms with van der Waals surface area (Å²) in [4.78, 5) is 0. The number of thioether (sulfide) groups is 1. The molecule has 0 aromatic carbocycles. The van der Waals surface area contributed by atoms with Crippen LogP contribution in [0.3, 0.4) is 0 Å². The van der Waals surface area contributed by atoms with Crippen LogP contribution >= 0.6 is 11.8 Å². The highest BCUT2D eigenvalue weighted by molar-refractivity contribution is 8.00. The van der Waals surface area contributed by atoms with Gasteiger partial charge in [-0.3, -0.25) is 5.41 Å². The van der Waals surface area contributed by atoms with E-state index in [2.05, 4.69) is 34.0 Å². The first kappa shape index (κ1) is 12.8. The van der Waals surface area contributed by atoms with E-state index in [9.17, 15) is 0 Å². The van der Waals surface area contributed by atoms with Gasteiger partial charge in [0.15, 0.2) is 5.90 Å². The third kappa shape index (κ3) is 2.63. The lowest BCUT2D eigenvalue weighted by Gasteiger charge is -2.39. The summed E-state index contributed by atoms with van der Waals surface area (Å²) in [6, 6.07) is 0. The molecule has 0 atom stereocenters. The summed E-state index contributed by atoms with van der Waals surface area (Å²) < 4.78 is 5.29. The van der Waals surface area contributed by atoms with Crippen LogP contribution in [0.5, 0.6) is 0 Å². The average molecular weight is 203 g/mol. The summed E-state index contributed by atoms with van der Waals surface area (Å²) >= 11 is 1.77. The van der Waals surface area contributed by atoms with Gasteiger partial charge in [-0.25, -0.2) is 0 Å². The van der Waals surface area contributed by atoms with Gasteiger partial charge in [0.1, 0.15) is 0 Å². The number of hydrogen-bond acceptors (Lipinski definition) is 3. The average Bonchev–Trinajstić information content (AvgIpc) is 2.04. The predicted molar refractivity (Wildman–Crippen MR) is 60.7 cm³/mol. The minimum Gasteiger partial charge on any atom is -0.481 e. The van der Waals surface area contributed by atoms with E-state index in [1.54, 1.807) is 11.8 Å². The van der Waals surface area contributed by atoms with Crippen LogP contribution in [-0.2, 0) is 4.74 Å². The zero-order valence-electron chi connectivity index (χ0n) is 9.52. The van der Waals surface area contributed by atoms with Crippen LogP contribution in [0.4, 0.5) is 0 Å². The van der Waals surface area contributed by atoms with Gasteiger partial charge in [-0.1, -0.05) is 0 Å². The third-order valence-electron chi connectivity index (χ3n) is 2.87. The third-order valence-corrected chi connectivity index (χ3v) is 4.40. The van der Waals surface area contributed by atoms with E-state index in [0.717, 1.165) is 0 Å². The Morgan fingerprint density at radius 2 is 1.77 bits per heavy atom. The van der Waals surface area contributed by atoms with Crippen molar-refractivity contribution in [3.63, 3.8) is 0 Å². The standard InChI is InChI=1S/C10H21NOS/c1-7-12-8(11)9(2,3)10(4,5)13-6/h11H,7H2,1-6H3. The van der Waals surface area contributed by atoms with Crippen LogP contribution in [0.25, 0.3) is 0 Å². The normalized spacial score (nSPS) is 12.8. The van der Waals surface area contributed by atoms with E-state index in [1.807, 2.05) is 6.92 Å². The van der Waals surface area contributed by atoms with Crippen LogP contribution in [-0.4, -0.2) is 23.5 Å². The molecule has 0 saturated carbocycles. The lowest BCUT2D eigenvalue weighted by Crippen LogP contribution is -2.43. The molecule has 2 nitrogen and oxygen atoms in total. The van der Waals surface area contributed by atoms with Crippen LogP contribution < -0.4 is 0 Å². The molecule has 0 aliphatic carbocycles. The second-order valence-electron chi connectivity index (χ2n) is 4.10. The minimum absolute atomic E-state index is 0.0270. The van der Waals surface area contributed by atoms with E-state index in [-0.39, 0.29) is 10.2 Å². The van der Waals surface area contributed by atoms with Gasteiger partial charge in [-0.15, -0.1) is 0 Å². The molecule has 0 aromatic heterocycles. The Morgan fingerprint density at radius 3 is 2.08 bits per heavy atom. The number of rotatable bonds is 4. The Balaban J connectivity index is 4.64. The molecule has 0 rings (SSSR count). The maximum atomic E-state index is 7.81. The second-order valence-corrected chi connectivity index (χ2v) is 5.53. The number of nitrogens with one attached hydrogen (secondary N) is 1. The van der Waals surface area contributed by atoms with E-state index in [0.29, 0.717) is 12.5 Å². The molecule has 0 radical (unpaired) electrons. The van der Waals surface area contributed by atoms with Crippen molar-refractivity contribution in [1.29, 1.82) is 5.41 Å². The fourth-order valence-electron chi connectivity index (χ4n) is 0.853. The van der Waals surface area contributed by atoms with Crippen LogP contribution in [0.2, 0.25) is 0 Å². The smallest absolute Gasteiger partial charge is 0.187 e. The molecule has 13 heavy (non-hydrogen) atoms. The van der Waals surface area contributed by atoms with Crippen LogP contribution in [0.15, 0.2) is 0 Å². The first-order valence-corrected chi connectivity index (χ1v) is 5.79. The Morgan fingerprint density at radius 1 is 1.31 bits per heavy atom. The van der Waals surface area contributed by atoms with Crippen molar-refractivity contribution in [1.82, 2.24) is 0 Å². The van der Waals surface area contributed by atoms with Gasteiger partial charge in [-0.05, 0) is 40.9 Å². The van der Waals surface area contributed by atoms with Gasteiger partial charge in [0.05, 0.1) is 12.0 Å². The van der Waals surface area contributed by atoms with Gasteiger partial charge < -0.3 is 4.74 Å². The fourth-order valence-corrected chi connectivity index (χ4v) is 1.46. The number of ether oxygens (including phenoxy) is 1. The molecule has 0 unspecified atom stereocenters. The van der Waals surface area contributed by atoms with Gasteiger partial charge in [0.25, 0.3) is 0 Å². The Hall–Kier alpha value is -0.180. The molecule has 0 aliphatic rings. The topological polar surface area (TPSA) is 33.1 Å². The summed E-state index contributed by atoms with van der Waals surface area (Å²) in [5, 5.41) is 7.81. The molecule has 0 heterocycles. The number of hydrogen-bond donors (Lipinski definition) is 1.